The number of rotatable bonds is 5. The third-order valence-electron chi connectivity index (χ3n) is 5.96. The molecule has 0 saturated heterocycles. The van der Waals surface area contributed by atoms with Gasteiger partial charge in [-0.25, -0.2) is 18.7 Å². The van der Waals surface area contributed by atoms with E-state index in [0.29, 0.717) is 28.1 Å². The van der Waals surface area contributed by atoms with Crippen molar-refractivity contribution in [2.45, 2.75) is 12.3 Å². The molecule has 35 heavy (non-hydrogen) atoms. The Kier molecular flexibility index (Phi) is 5.07. The summed E-state index contributed by atoms with van der Waals surface area (Å²) in [6.07, 6.45) is 2.40. The van der Waals surface area contributed by atoms with Crippen LogP contribution in [0.3, 0.4) is 0 Å². The molecule has 9 nitrogen and oxygen atoms in total. The first-order chi connectivity index (χ1) is 16.7. The van der Waals surface area contributed by atoms with Crippen LogP contribution in [0.1, 0.15) is 17.7 Å². The van der Waals surface area contributed by atoms with Crippen molar-refractivity contribution in [2.75, 3.05) is 22.2 Å². The van der Waals surface area contributed by atoms with Crippen LogP contribution in [0.2, 0.25) is 0 Å². The number of halogens is 2. The zero-order valence-corrected chi connectivity index (χ0v) is 19.0. The molecule has 1 aliphatic carbocycles. The fraction of sp³-hybridized carbons (Fsp3) is 0.217. The van der Waals surface area contributed by atoms with Crippen molar-refractivity contribution in [3.05, 3.63) is 60.0 Å². The molecule has 176 valence electrons. The van der Waals surface area contributed by atoms with E-state index in [1.807, 2.05) is 6.07 Å². The molecular weight excluding hydrogens is 478 g/mol. The smallest absolute Gasteiger partial charge is 0.326 e. The molecule has 0 radical (unpaired) electrons. The first-order valence-electron chi connectivity index (χ1n) is 10.4. The maximum absolute atomic E-state index is 13.5. The third-order valence-corrected chi connectivity index (χ3v) is 7.75. The molecule has 12 heteroatoms. The zero-order valence-electron chi connectivity index (χ0n) is 18.2. The zero-order chi connectivity index (χ0) is 25.0. The number of benzene rings is 2. The van der Waals surface area contributed by atoms with Crippen LogP contribution in [0, 0.1) is 28.6 Å². The minimum Gasteiger partial charge on any atom is -0.436 e. The molecule has 0 spiro atoms. The molecule has 1 aromatic heterocycles. The van der Waals surface area contributed by atoms with Crippen molar-refractivity contribution in [1.29, 1.82) is 10.5 Å². The lowest BCUT2D eigenvalue weighted by Gasteiger charge is -2.18. The van der Waals surface area contributed by atoms with Gasteiger partial charge in [0.15, 0.2) is 0 Å². The minimum atomic E-state index is -4.00. The van der Waals surface area contributed by atoms with Gasteiger partial charge in [0.25, 0.3) is 11.8 Å². The van der Waals surface area contributed by atoms with Gasteiger partial charge in [-0.15, -0.1) is 0 Å². The molecule has 3 aromatic rings. The van der Waals surface area contributed by atoms with Crippen LogP contribution in [0.4, 0.5) is 20.2 Å². The summed E-state index contributed by atoms with van der Waals surface area (Å²) in [6, 6.07) is 13.4. The standard InChI is InChI=1S/C23H16F2N6O3S/c1-30-21-8-14(3-5-20(21)31(35(30,32)33)13-16-10-23(16,24)25)18-9-17(4-2-15(18)11-26)34-22-19(12-27)28-6-7-29-22/h2-9,16H,10,13H2,1H3. The van der Waals surface area contributed by atoms with Gasteiger partial charge in [-0.1, -0.05) is 6.07 Å². The maximum atomic E-state index is 13.5. The van der Waals surface area contributed by atoms with Gasteiger partial charge in [0, 0.05) is 43.9 Å². The van der Waals surface area contributed by atoms with Gasteiger partial charge in [0.2, 0.25) is 5.69 Å². The van der Waals surface area contributed by atoms with E-state index >= 15 is 0 Å². The number of alkyl halides is 2. The van der Waals surface area contributed by atoms with E-state index in [1.54, 1.807) is 24.3 Å². The molecule has 0 amide bonds. The second kappa shape index (κ2) is 7.89. The summed E-state index contributed by atoms with van der Waals surface area (Å²) in [5.41, 5.74) is 1.86. The van der Waals surface area contributed by atoms with Gasteiger partial charge in [0.05, 0.1) is 23.0 Å². The lowest BCUT2D eigenvalue weighted by Crippen LogP contribution is -2.37. The highest BCUT2D eigenvalue weighted by atomic mass is 32.2. The molecule has 0 bridgehead atoms. The molecule has 1 saturated carbocycles. The molecule has 1 atom stereocenters. The van der Waals surface area contributed by atoms with Crippen molar-refractivity contribution >= 4 is 21.6 Å². The van der Waals surface area contributed by atoms with Crippen molar-refractivity contribution in [3.8, 4) is 34.9 Å². The highest BCUT2D eigenvalue weighted by molar-refractivity contribution is 7.94. The van der Waals surface area contributed by atoms with E-state index < -0.39 is 22.0 Å². The van der Waals surface area contributed by atoms with E-state index in [9.17, 15) is 27.7 Å². The Bertz CT molecular complexity index is 1550. The molecule has 2 aromatic carbocycles. The first kappa shape index (κ1) is 22.5. The van der Waals surface area contributed by atoms with Gasteiger partial charge in [0.1, 0.15) is 11.8 Å². The molecule has 1 aliphatic heterocycles. The van der Waals surface area contributed by atoms with E-state index in [2.05, 4.69) is 16.0 Å². The monoisotopic (exact) mass is 494 g/mol. The van der Waals surface area contributed by atoms with Crippen LogP contribution < -0.4 is 13.3 Å². The summed E-state index contributed by atoms with van der Waals surface area (Å²) in [5, 5.41) is 18.8. The molecular formula is C23H16F2N6O3S. The molecule has 1 fully saturated rings. The van der Waals surface area contributed by atoms with Crippen LogP contribution in [-0.2, 0) is 10.2 Å². The number of fused-ring (bicyclic) bond motifs is 1. The summed E-state index contributed by atoms with van der Waals surface area (Å²) < 4.78 is 60.5. The van der Waals surface area contributed by atoms with Gasteiger partial charge < -0.3 is 4.74 Å². The van der Waals surface area contributed by atoms with Gasteiger partial charge >= 0.3 is 10.2 Å². The molecule has 2 aliphatic rings. The lowest BCUT2D eigenvalue weighted by molar-refractivity contribution is 0.101. The predicted octanol–water partition coefficient (Wildman–Crippen LogP) is 3.84. The van der Waals surface area contributed by atoms with E-state index in [1.165, 1.54) is 31.6 Å². The van der Waals surface area contributed by atoms with Gasteiger partial charge in [-0.3, -0.25) is 8.61 Å². The number of anilines is 2. The average molecular weight is 494 g/mol. The minimum absolute atomic E-state index is 0.00189. The number of ether oxygens (including phenoxy) is 1. The molecule has 5 rings (SSSR count). The number of nitriles is 2. The second-order valence-electron chi connectivity index (χ2n) is 8.12. The number of hydrogen-bond donors (Lipinski definition) is 0. The largest absolute Gasteiger partial charge is 0.436 e. The topological polar surface area (TPSA) is 123 Å². The Morgan fingerprint density at radius 3 is 2.54 bits per heavy atom. The Morgan fingerprint density at radius 2 is 1.86 bits per heavy atom. The Hall–Kier alpha value is -4.29. The van der Waals surface area contributed by atoms with Crippen LogP contribution in [-0.4, -0.2) is 37.9 Å². The summed E-state index contributed by atoms with van der Waals surface area (Å²) in [4.78, 5) is 7.90. The maximum Gasteiger partial charge on any atom is 0.326 e. The van der Waals surface area contributed by atoms with E-state index in [0.717, 1.165) is 8.61 Å². The Labute approximate surface area is 199 Å². The molecule has 2 heterocycles. The second-order valence-corrected chi connectivity index (χ2v) is 10.00. The van der Waals surface area contributed by atoms with Gasteiger partial charge in [-0.05, 0) is 35.9 Å². The van der Waals surface area contributed by atoms with Crippen LogP contribution in [0.5, 0.6) is 11.6 Å². The Balaban J connectivity index is 1.53. The van der Waals surface area contributed by atoms with Gasteiger partial charge in [-0.2, -0.15) is 18.9 Å². The lowest BCUT2D eigenvalue weighted by atomic mass is 9.99. The summed E-state index contributed by atoms with van der Waals surface area (Å²) in [6.45, 7) is -0.307. The number of aromatic nitrogens is 2. The fourth-order valence-electron chi connectivity index (χ4n) is 3.92. The number of hydrogen-bond acceptors (Lipinski definition) is 7. The SMILES string of the molecule is CN1c2cc(-c3cc(Oc4nccnc4C#N)ccc3C#N)ccc2N(CC2CC2(F)F)S1(=O)=O. The predicted molar refractivity (Wildman–Crippen MR) is 121 cm³/mol. The van der Waals surface area contributed by atoms with Crippen LogP contribution in [0.25, 0.3) is 11.1 Å². The average Bonchev–Trinajstić information content (AvgIpc) is 3.41. The quantitative estimate of drug-likeness (QED) is 0.528. The molecule has 0 N–H and O–H groups in total. The summed E-state index contributed by atoms with van der Waals surface area (Å²) in [5.74, 6) is -3.59. The highest BCUT2D eigenvalue weighted by Gasteiger charge is 2.59. The number of nitrogens with zero attached hydrogens (tertiary/aromatic N) is 6. The third kappa shape index (κ3) is 3.78. The summed E-state index contributed by atoms with van der Waals surface area (Å²) in [7, 11) is -2.65. The van der Waals surface area contributed by atoms with E-state index in [-0.39, 0.29) is 30.3 Å². The van der Waals surface area contributed by atoms with Crippen molar-refractivity contribution < 1.29 is 21.9 Å². The summed E-state index contributed by atoms with van der Waals surface area (Å²) >= 11 is 0. The van der Waals surface area contributed by atoms with Crippen LogP contribution >= 0.6 is 0 Å². The normalized spacial score (nSPS) is 18.9. The van der Waals surface area contributed by atoms with E-state index in [4.69, 9.17) is 4.74 Å². The molecule has 1 unspecified atom stereocenters. The first-order valence-corrected chi connectivity index (χ1v) is 11.8. The van der Waals surface area contributed by atoms with Crippen molar-refractivity contribution in [2.24, 2.45) is 5.92 Å². The van der Waals surface area contributed by atoms with Crippen molar-refractivity contribution in [1.82, 2.24) is 9.97 Å². The highest BCUT2D eigenvalue weighted by Crippen LogP contribution is 2.52. The van der Waals surface area contributed by atoms with Crippen molar-refractivity contribution in [3.63, 3.8) is 0 Å². The fourth-order valence-corrected chi connectivity index (χ4v) is 5.38. The Morgan fingerprint density at radius 1 is 1.11 bits per heavy atom. The van der Waals surface area contributed by atoms with Crippen LogP contribution in [0.15, 0.2) is 48.8 Å².